The summed E-state index contributed by atoms with van der Waals surface area (Å²) in [7, 11) is 0. The predicted molar refractivity (Wildman–Crippen MR) is 83.5 cm³/mol. The molecular formula is C15H19N5O. The largest absolute Gasteiger partial charge is 0.382 e. The molecule has 0 spiro atoms. The summed E-state index contributed by atoms with van der Waals surface area (Å²) in [5.41, 5.74) is 12.9. The fourth-order valence-corrected chi connectivity index (χ4v) is 2.00. The maximum Gasteiger partial charge on any atom is 0.224 e. The van der Waals surface area contributed by atoms with Crippen molar-refractivity contribution in [1.82, 2.24) is 9.97 Å². The number of nitrogens with zero attached hydrogens (tertiary/aromatic N) is 2. The van der Waals surface area contributed by atoms with Gasteiger partial charge in [-0.3, -0.25) is 4.79 Å². The molecule has 110 valence electrons. The Morgan fingerprint density at radius 3 is 2.38 bits per heavy atom. The van der Waals surface area contributed by atoms with E-state index in [1.807, 2.05) is 18.2 Å². The number of unbranched alkanes of at least 4 members (excludes halogenated alkanes) is 1. The number of nitrogen functional groups attached to an aromatic ring is 2. The van der Waals surface area contributed by atoms with Gasteiger partial charge in [-0.25, -0.2) is 9.97 Å². The molecule has 5 N–H and O–H groups in total. The van der Waals surface area contributed by atoms with Crippen LogP contribution in [0.3, 0.4) is 0 Å². The van der Waals surface area contributed by atoms with Crippen molar-refractivity contribution >= 4 is 23.2 Å². The number of aryl methyl sites for hydroxylation is 1. The minimum atomic E-state index is -0.128. The molecule has 0 unspecified atom stereocenters. The van der Waals surface area contributed by atoms with Gasteiger partial charge in [-0.2, -0.15) is 0 Å². The molecule has 0 bridgehead atoms. The van der Waals surface area contributed by atoms with Crippen LogP contribution in [0.1, 0.15) is 24.8 Å². The van der Waals surface area contributed by atoms with Crippen LogP contribution in [-0.2, 0) is 11.2 Å². The van der Waals surface area contributed by atoms with Crippen LogP contribution in [0.15, 0.2) is 36.7 Å². The molecule has 1 aromatic heterocycles. The second-order valence-corrected chi connectivity index (χ2v) is 4.76. The van der Waals surface area contributed by atoms with Crippen molar-refractivity contribution in [3.8, 4) is 0 Å². The van der Waals surface area contributed by atoms with E-state index in [1.165, 1.54) is 11.9 Å². The number of amides is 1. The Bertz CT molecular complexity index is 580. The molecule has 1 aromatic carbocycles. The summed E-state index contributed by atoms with van der Waals surface area (Å²) in [6, 6.07) is 10.2. The number of aromatic nitrogens is 2. The monoisotopic (exact) mass is 285 g/mol. The molecule has 6 heteroatoms. The molecular weight excluding hydrogens is 266 g/mol. The highest BCUT2D eigenvalue weighted by Gasteiger charge is 2.10. The van der Waals surface area contributed by atoms with Crippen LogP contribution in [-0.4, -0.2) is 15.9 Å². The van der Waals surface area contributed by atoms with Gasteiger partial charge in [0.1, 0.15) is 12.0 Å². The first-order chi connectivity index (χ1) is 10.2. The van der Waals surface area contributed by atoms with Gasteiger partial charge in [-0.05, 0) is 24.8 Å². The average molecular weight is 285 g/mol. The van der Waals surface area contributed by atoms with Gasteiger partial charge < -0.3 is 16.8 Å². The standard InChI is InChI=1S/C15H19N5O/c16-14-13(15(17)19-10-18-14)20-12(21)9-5-4-8-11-6-2-1-3-7-11/h1-3,6-7,10H,4-5,8-9H2,(H,20,21)(H4,16,17,18,19). The number of nitrogens with two attached hydrogens (primary N) is 2. The summed E-state index contributed by atoms with van der Waals surface area (Å²) >= 11 is 0. The molecule has 1 amide bonds. The lowest BCUT2D eigenvalue weighted by atomic mass is 10.1. The van der Waals surface area contributed by atoms with E-state index >= 15 is 0 Å². The lowest BCUT2D eigenvalue weighted by molar-refractivity contribution is -0.116. The van der Waals surface area contributed by atoms with Gasteiger partial charge in [0.2, 0.25) is 5.91 Å². The highest BCUT2D eigenvalue weighted by atomic mass is 16.1. The molecule has 0 aliphatic carbocycles. The zero-order chi connectivity index (χ0) is 15.1. The Balaban J connectivity index is 1.75. The molecule has 0 atom stereocenters. The fraction of sp³-hybridized carbons (Fsp3) is 0.267. The summed E-state index contributed by atoms with van der Waals surface area (Å²) in [4.78, 5) is 19.5. The van der Waals surface area contributed by atoms with Crippen LogP contribution in [0.25, 0.3) is 0 Å². The molecule has 0 aliphatic rings. The first-order valence-corrected chi connectivity index (χ1v) is 6.86. The fourth-order valence-electron chi connectivity index (χ4n) is 2.00. The molecule has 0 saturated carbocycles. The van der Waals surface area contributed by atoms with Gasteiger partial charge >= 0.3 is 0 Å². The highest BCUT2D eigenvalue weighted by molar-refractivity contribution is 5.96. The quantitative estimate of drug-likeness (QED) is 0.704. The van der Waals surface area contributed by atoms with Crippen LogP contribution in [0.4, 0.5) is 17.3 Å². The number of anilines is 3. The van der Waals surface area contributed by atoms with Crippen molar-refractivity contribution in [2.24, 2.45) is 0 Å². The maximum atomic E-state index is 11.9. The average Bonchev–Trinajstić information content (AvgIpc) is 2.49. The van der Waals surface area contributed by atoms with Crippen LogP contribution in [0, 0.1) is 0 Å². The molecule has 1 heterocycles. The normalized spacial score (nSPS) is 10.3. The highest BCUT2D eigenvalue weighted by Crippen LogP contribution is 2.21. The second-order valence-electron chi connectivity index (χ2n) is 4.76. The lowest BCUT2D eigenvalue weighted by Crippen LogP contribution is -2.15. The number of rotatable bonds is 6. The Hall–Kier alpha value is -2.63. The molecule has 6 nitrogen and oxygen atoms in total. The minimum absolute atomic E-state index is 0.128. The van der Waals surface area contributed by atoms with Crippen LogP contribution < -0.4 is 16.8 Å². The van der Waals surface area contributed by atoms with Crippen molar-refractivity contribution < 1.29 is 4.79 Å². The van der Waals surface area contributed by atoms with E-state index in [-0.39, 0.29) is 17.5 Å². The number of carbonyl (C=O) groups is 1. The van der Waals surface area contributed by atoms with Crippen molar-refractivity contribution in [3.63, 3.8) is 0 Å². The first-order valence-electron chi connectivity index (χ1n) is 6.86. The number of nitrogens with one attached hydrogen (secondary N) is 1. The van der Waals surface area contributed by atoms with Gasteiger partial charge in [0.05, 0.1) is 0 Å². The van der Waals surface area contributed by atoms with E-state index in [9.17, 15) is 4.79 Å². The molecule has 2 aromatic rings. The molecule has 0 fully saturated rings. The van der Waals surface area contributed by atoms with Crippen molar-refractivity contribution in [2.45, 2.75) is 25.7 Å². The number of hydrogen-bond acceptors (Lipinski definition) is 5. The maximum absolute atomic E-state index is 11.9. The summed E-state index contributed by atoms with van der Waals surface area (Å²) < 4.78 is 0. The predicted octanol–water partition coefficient (Wildman–Crippen LogP) is 1.99. The van der Waals surface area contributed by atoms with E-state index in [4.69, 9.17) is 11.5 Å². The number of hydrogen-bond donors (Lipinski definition) is 3. The topological polar surface area (TPSA) is 107 Å². The Morgan fingerprint density at radius 1 is 1.05 bits per heavy atom. The van der Waals surface area contributed by atoms with Crippen molar-refractivity contribution in [3.05, 3.63) is 42.2 Å². The van der Waals surface area contributed by atoms with E-state index in [1.54, 1.807) is 0 Å². The van der Waals surface area contributed by atoms with Gasteiger partial charge in [-0.1, -0.05) is 30.3 Å². The van der Waals surface area contributed by atoms with Gasteiger partial charge in [0.15, 0.2) is 11.6 Å². The van der Waals surface area contributed by atoms with E-state index in [0.29, 0.717) is 12.1 Å². The van der Waals surface area contributed by atoms with Gasteiger partial charge in [-0.15, -0.1) is 0 Å². The van der Waals surface area contributed by atoms with E-state index in [2.05, 4.69) is 27.4 Å². The van der Waals surface area contributed by atoms with E-state index < -0.39 is 0 Å². The van der Waals surface area contributed by atoms with E-state index in [0.717, 1.165) is 19.3 Å². The first kappa shape index (κ1) is 14.8. The van der Waals surface area contributed by atoms with Crippen LogP contribution >= 0.6 is 0 Å². The molecule has 0 aliphatic heterocycles. The SMILES string of the molecule is Nc1ncnc(N)c1NC(=O)CCCCc1ccccc1. The lowest BCUT2D eigenvalue weighted by Gasteiger charge is -2.09. The van der Waals surface area contributed by atoms with Crippen LogP contribution in [0.2, 0.25) is 0 Å². The Kier molecular flexibility index (Phi) is 5.09. The van der Waals surface area contributed by atoms with Gasteiger partial charge in [0, 0.05) is 6.42 Å². The van der Waals surface area contributed by atoms with Crippen LogP contribution in [0.5, 0.6) is 0 Å². The zero-order valence-electron chi connectivity index (χ0n) is 11.7. The van der Waals surface area contributed by atoms with Crippen molar-refractivity contribution in [1.29, 1.82) is 0 Å². The summed E-state index contributed by atoms with van der Waals surface area (Å²) in [6.07, 6.45) is 4.40. The number of benzene rings is 1. The third kappa shape index (κ3) is 4.45. The molecule has 2 rings (SSSR count). The molecule has 0 saturated heterocycles. The summed E-state index contributed by atoms with van der Waals surface area (Å²) in [5.74, 6) is 0.233. The van der Waals surface area contributed by atoms with Crippen molar-refractivity contribution in [2.75, 3.05) is 16.8 Å². The minimum Gasteiger partial charge on any atom is -0.382 e. The Labute approximate surface area is 123 Å². The number of carbonyl (C=O) groups excluding carboxylic acids is 1. The summed E-state index contributed by atoms with van der Waals surface area (Å²) in [6.45, 7) is 0. The molecule has 21 heavy (non-hydrogen) atoms. The van der Waals surface area contributed by atoms with Gasteiger partial charge in [0.25, 0.3) is 0 Å². The molecule has 0 radical (unpaired) electrons. The second kappa shape index (κ2) is 7.23. The Morgan fingerprint density at radius 2 is 1.71 bits per heavy atom. The smallest absolute Gasteiger partial charge is 0.224 e. The third-order valence-corrected chi connectivity index (χ3v) is 3.13. The third-order valence-electron chi connectivity index (χ3n) is 3.13. The summed E-state index contributed by atoms with van der Waals surface area (Å²) in [5, 5.41) is 2.66. The zero-order valence-corrected chi connectivity index (χ0v) is 11.7.